The van der Waals surface area contributed by atoms with Crippen molar-refractivity contribution in [3.05, 3.63) is 11.5 Å². The van der Waals surface area contributed by atoms with E-state index in [9.17, 15) is 4.79 Å². The van der Waals surface area contributed by atoms with E-state index in [4.69, 9.17) is 15.2 Å². The summed E-state index contributed by atoms with van der Waals surface area (Å²) in [4.78, 5) is 16.0. The van der Waals surface area contributed by atoms with Crippen molar-refractivity contribution in [1.82, 2.24) is 9.55 Å². The van der Waals surface area contributed by atoms with E-state index in [0.717, 1.165) is 25.1 Å². The van der Waals surface area contributed by atoms with E-state index in [1.54, 1.807) is 0 Å². The highest BCUT2D eigenvalue weighted by molar-refractivity contribution is 5.92. The average molecular weight is 267 g/mol. The first-order valence-electron chi connectivity index (χ1n) is 6.57. The lowest BCUT2D eigenvalue weighted by atomic mass is 9.91. The lowest BCUT2D eigenvalue weighted by Crippen LogP contribution is -2.38. The fourth-order valence-electron chi connectivity index (χ4n) is 2.60. The van der Waals surface area contributed by atoms with Gasteiger partial charge in [0.2, 0.25) is 0 Å². The molecular weight excluding hydrogens is 246 g/mol. The Morgan fingerprint density at radius 1 is 1.53 bits per heavy atom. The number of aryl methyl sites for hydroxylation is 1. The third-order valence-electron chi connectivity index (χ3n) is 3.79. The first kappa shape index (κ1) is 13.9. The first-order valence-corrected chi connectivity index (χ1v) is 6.57. The number of imidazole rings is 1. The minimum atomic E-state index is -0.485. The molecule has 1 aromatic heterocycles. The normalized spacial score (nSPS) is 18.3. The molecule has 6 nitrogen and oxygen atoms in total. The van der Waals surface area contributed by atoms with Gasteiger partial charge in [0.25, 0.3) is 0 Å². The van der Waals surface area contributed by atoms with E-state index >= 15 is 0 Å². The van der Waals surface area contributed by atoms with E-state index in [1.165, 1.54) is 7.11 Å². The van der Waals surface area contributed by atoms with Crippen molar-refractivity contribution in [2.75, 3.05) is 26.1 Å². The van der Waals surface area contributed by atoms with E-state index < -0.39 is 5.97 Å². The molecule has 0 bridgehead atoms. The largest absolute Gasteiger partial charge is 0.464 e. The van der Waals surface area contributed by atoms with E-state index in [-0.39, 0.29) is 11.2 Å². The standard InChI is InChI=1S/C13H21N3O3/c1-4-9-15-10(12(17)18-3)11(14)16(9)13(2)5-7-19-8-6-13/h4-8,14H2,1-3H3. The Kier molecular flexibility index (Phi) is 3.80. The third kappa shape index (κ3) is 2.32. The summed E-state index contributed by atoms with van der Waals surface area (Å²) in [6.07, 6.45) is 2.44. The van der Waals surface area contributed by atoms with Gasteiger partial charge in [0.05, 0.1) is 7.11 Å². The van der Waals surface area contributed by atoms with Gasteiger partial charge >= 0.3 is 5.97 Å². The highest BCUT2D eigenvalue weighted by atomic mass is 16.5. The molecule has 0 spiro atoms. The van der Waals surface area contributed by atoms with Gasteiger partial charge in [-0.1, -0.05) is 6.92 Å². The summed E-state index contributed by atoms with van der Waals surface area (Å²) < 4.78 is 12.1. The average Bonchev–Trinajstić information content (AvgIpc) is 2.76. The Labute approximate surface area is 112 Å². The van der Waals surface area contributed by atoms with Crippen molar-refractivity contribution in [3.8, 4) is 0 Å². The zero-order chi connectivity index (χ0) is 14.0. The maximum atomic E-state index is 11.7. The number of methoxy groups -OCH3 is 1. The Balaban J connectivity index is 2.49. The van der Waals surface area contributed by atoms with Crippen LogP contribution in [-0.2, 0) is 21.4 Å². The zero-order valence-corrected chi connectivity index (χ0v) is 11.7. The van der Waals surface area contributed by atoms with E-state index in [1.807, 2.05) is 11.5 Å². The van der Waals surface area contributed by atoms with Crippen LogP contribution in [0, 0.1) is 0 Å². The molecule has 19 heavy (non-hydrogen) atoms. The predicted molar refractivity (Wildman–Crippen MR) is 71.1 cm³/mol. The number of carbonyl (C=O) groups excluding carboxylic acids is 1. The molecule has 0 atom stereocenters. The number of nitrogens with two attached hydrogens (primary N) is 1. The maximum Gasteiger partial charge on any atom is 0.360 e. The number of carbonyl (C=O) groups is 1. The van der Waals surface area contributed by atoms with Crippen LogP contribution in [-0.4, -0.2) is 35.8 Å². The zero-order valence-electron chi connectivity index (χ0n) is 11.7. The summed E-state index contributed by atoms with van der Waals surface area (Å²) in [7, 11) is 1.34. The van der Waals surface area contributed by atoms with Gasteiger partial charge in [-0.15, -0.1) is 0 Å². The number of ether oxygens (including phenoxy) is 2. The molecule has 1 fully saturated rings. The van der Waals surface area contributed by atoms with Crippen molar-refractivity contribution in [2.24, 2.45) is 0 Å². The lowest BCUT2D eigenvalue weighted by Gasteiger charge is -2.36. The van der Waals surface area contributed by atoms with Crippen LogP contribution in [0.5, 0.6) is 0 Å². The van der Waals surface area contributed by atoms with Crippen LogP contribution < -0.4 is 5.73 Å². The van der Waals surface area contributed by atoms with Gasteiger partial charge in [-0.05, 0) is 19.8 Å². The number of hydrogen-bond donors (Lipinski definition) is 1. The number of rotatable bonds is 3. The number of anilines is 1. The van der Waals surface area contributed by atoms with Crippen molar-refractivity contribution < 1.29 is 14.3 Å². The van der Waals surface area contributed by atoms with Crippen molar-refractivity contribution >= 4 is 11.8 Å². The van der Waals surface area contributed by atoms with Crippen LogP contribution in [0.3, 0.4) is 0 Å². The third-order valence-corrected chi connectivity index (χ3v) is 3.79. The highest BCUT2D eigenvalue weighted by Gasteiger charge is 2.35. The van der Waals surface area contributed by atoms with Crippen LogP contribution in [0.4, 0.5) is 5.82 Å². The Bertz CT molecular complexity index is 476. The molecule has 0 aliphatic carbocycles. The van der Waals surface area contributed by atoms with Crippen LogP contribution in [0.1, 0.15) is 43.0 Å². The second-order valence-corrected chi connectivity index (χ2v) is 5.05. The van der Waals surface area contributed by atoms with Gasteiger partial charge in [-0.2, -0.15) is 0 Å². The SMILES string of the molecule is CCc1nc(C(=O)OC)c(N)n1C1(C)CCOCC1. The molecule has 0 amide bonds. The fourth-order valence-corrected chi connectivity index (χ4v) is 2.60. The molecule has 2 heterocycles. The number of hydrogen-bond acceptors (Lipinski definition) is 5. The number of aromatic nitrogens is 2. The van der Waals surface area contributed by atoms with Gasteiger partial charge in [-0.3, -0.25) is 0 Å². The quantitative estimate of drug-likeness (QED) is 0.836. The van der Waals surface area contributed by atoms with Gasteiger partial charge < -0.3 is 19.8 Å². The number of esters is 1. The van der Waals surface area contributed by atoms with Crippen molar-refractivity contribution in [2.45, 2.75) is 38.6 Å². The summed E-state index contributed by atoms with van der Waals surface area (Å²) in [5, 5.41) is 0. The molecule has 2 N–H and O–H groups in total. The Hall–Kier alpha value is -1.56. The summed E-state index contributed by atoms with van der Waals surface area (Å²) in [5.41, 5.74) is 6.20. The van der Waals surface area contributed by atoms with Crippen molar-refractivity contribution in [1.29, 1.82) is 0 Å². The lowest BCUT2D eigenvalue weighted by molar-refractivity contribution is 0.0292. The van der Waals surface area contributed by atoms with Gasteiger partial charge in [0, 0.05) is 25.2 Å². The van der Waals surface area contributed by atoms with Crippen molar-refractivity contribution in [3.63, 3.8) is 0 Å². The van der Waals surface area contributed by atoms with Crippen LogP contribution >= 0.6 is 0 Å². The molecule has 1 aromatic rings. The molecule has 1 aliphatic heterocycles. The molecule has 1 aliphatic rings. The Morgan fingerprint density at radius 2 is 2.16 bits per heavy atom. The summed E-state index contributed by atoms with van der Waals surface area (Å²) in [5.74, 6) is 0.733. The number of nitrogens with zero attached hydrogens (tertiary/aromatic N) is 2. The second-order valence-electron chi connectivity index (χ2n) is 5.05. The molecule has 0 radical (unpaired) electrons. The fraction of sp³-hybridized carbons (Fsp3) is 0.692. The Morgan fingerprint density at radius 3 is 2.68 bits per heavy atom. The molecule has 2 rings (SSSR count). The molecule has 106 valence electrons. The molecular formula is C13H21N3O3. The molecule has 6 heteroatoms. The predicted octanol–water partition coefficient (Wildman–Crippen LogP) is 1.34. The van der Waals surface area contributed by atoms with Crippen LogP contribution in [0.25, 0.3) is 0 Å². The van der Waals surface area contributed by atoms with Crippen LogP contribution in [0.15, 0.2) is 0 Å². The van der Waals surface area contributed by atoms with E-state index in [2.05, 4.69) is 11.9 Å². The second kappa shape index (κ2) is 5.21. The molecule has 0 aromatic carbocycles. The number of nitrogen functional groups attached to an aromatic ring is 1. The van der Waals surface area contributed by atoms with Crippen LogP contribution in [0.2, 0.25) is 0 Å². The smallest absolute Gasteiger partial charge is 0.360 e. The van der Waals surface area contributed by atoms with Gasteiger partial charge in [-0.25, -0.2) is 9.78 Å². The maximum absolute atomic E-state index is 11.7. The van der Waals surface area contributed by atoms with E-state index in [0.29, 0.717) is 19.0 Å². The minimum absolute atomic E-state index is 0.146. The monoisotopic (exact) mass is 267 g/mol. The van der Waals surface area contributed by atoms with Gasteiger partial charge in [0.1, 0.15) is 11.6 Å². The summed E-state index contributed by atoms with van der Waals surface area (Å²) in [6.45, 7) is 5.53. The highest BCUT2D eigenvalue weighted by Crippen LogP contribution is 2.34. The molecule has 1 saturated heterocycles. The molecule has 0 unspecified atom stereocenters. The summed E-state index contributed by atoms with van der Waals surface area (Å²) in [6, 6.07) is 0. The van der Waals surface area contributed by atoms with Gasteiger partial charge in [0.15, 0.2) is 5.69 Å². The minimum Gasteiger partial charge on any atom is -0.464 e. The summed E-state index contributed by atoms with van der Waals surface area (Å²) >= 11 is 0. The molecule has 0 saturated carbocycles. The topological polar surface area (TPSA) is 79.4 Å². The first-order chi connectivity index (χ1) is 9.03.